The first-order valence-electron chi connectivity index (χ1n) is 6.50. The van der Waals surface area contributed by atoms with Crippen LogP contribution in [0.4, 0.5) is 4.39 Å². The van der Waals surface area contributed by atoms with Crippen molar-refractivity contribution in [3.63, 3.8) is 0 Å². The molecule has 1 unspecified atom stereocenters. The Bertz CT molecular complexity index is 741. The smallest absolute Gasteiger partial charge is 0.131 e. The second kappa shape index (κ2) is 6.12. The van der Waals surface area contributed by atoms with Gasteiger partial charge in [0.25, 0.3) is 0 Å². The van der Waals surface area contributed by atoms with Gasteiger partial charge >= 0.3 is 0 Å². The normalized spacial score (nSPS) is 12.5. The standard InChI is InChI=1S/C16H13BrFNOS/c1-20-13-7-4-5-11(18)16(13)10(17)9-15-19-12-6-2-3-8-14(12)21-15/h2-8,10H,9H2,1H3. The Balaban J connectivity index is 1.91. The summed E-state index contributed by atoms with van der Waals surface area (Å²) in [5, 5.41) is 0.975. The van der Waals surface area contributed by atoms with Crippen LogP contribution in [0.15, 0.2) is 42.5 Å². The Morgan fingerprint density at radius 3 is 2.81 bits per heavy atom. The second-order valence-corrected chi connectivity index (χ2v) is 6.82. The van der Waals surface area contributed by atoms with Crippen molar-refractivity contribution in [3.8, 4) is 5.75 Å². The summed E-state index contributed by atoms with van der Waals surface area (Å²) in [6.45, 7) is 0. The lowest BCUT2D eigenvalue weighted by Gasteiger charge is -2.14. The molecule has 2 aromatic carbocycles. The van der Waals surface area contributed by atoms with E-state index in [2.05, 4.69) is 20.9 Å². The summed E-state index contributed by atoms with van der Waals surface area (Å²) in [5.41, 5.74) is 1.52. The minimum Gasteiger partial charge on any atom is -0.496 e. The van der Waals surface area contributed by atoms with Crippen molar-refractivity contribution in [3.05, 3.63) is 58.9 Å². The van der Waals surface area contributed by atoms with E-state index >= 15 is 0 Å². The number of ether oxygens (including phenoxy) is 1. The van der Waals surface area contributed by atoms with Crippen molar-refractivity contribution < 1.29 is 9.13 Å². The summed E-state index contributed by atoms with van der Waals surface area (Å²) < 4.78 is 20.5. The molecule has 0 aliphatic rings. The van der Waals surface area contributed by atoms with Gasteiger partial charge in [0.1, 0.15) is 11.6 Å². The lowest BCUT2D eigenvalue weighted by molar-refractivity contribution is 0.404. The van der Waals surface area contributed by atoms with Gasteiger partial charge in [0.2, 0.25) is 0 Å². The maximum Gasteiger partial charge on any atom is 0.131 e. The first kappa shape index (κ1) is 14.5. The van der Waals surface area contributed by atoms with Crippen LogP contribution >= 0.6 is 27.3 Å². The molecule has 0 radical (unpaired) electrons. The maximum atomic E-state index is 14.1. The van der Waals surface area contributed by atoms with Gasteiger partial charge in [0.15, 0.2) is 0 Å². The number of benzene rings is 2. The van der Waals surface area contributed by atoms with E-state index in [1.807, 2.05) is 24.3 Å². The van der Waals surface area contributed by atoms with Gasteiger partial charge in [-0.15, -0.1) is 11.3 Å². The number of fused-ring (bicyclic) bond motifs is 1. The van der Waals surface area contributed by atoms with Crippen LogP contribution in [0.5, 0.6) is 5.75 Å². The predicted octanol–water partition coefficient (Wildman–Crippen LogP) is 5.12. The van der Waals surface area contributed by atoms with E-state index in [-0.39, 0.29) is 10.6 Å². The molecule has 2 nitrogen and oxygen atoms in total. The van der Waals surface area contributed by atoms with Crippen molar-refractivity contribution in [2.24, 2.45) is 0 Å². The molecule has 21 heavy (non-hydrogen) atoms. The van der Waals surface area contributed by atoms with Crippen molar-refractivity contribution in [1.29, 1.82) is 0 Å². The fraction of sp³-hybridized carbons (Fsp3) is 0.188. The fourth-order valence-electron chi connectivity index (χ4n) is 2.26. The van der Waals surface area contributed by atoms with Crippen LogP contribution in [0.2, 0.25) is 0 Å². The lowest BCUT2D eigenvalue weighted by Crippen LogP contribution is -2.01. The van der Waals surface area contributed by atoms with E-state index in [1.54, 1.807) is 30.6 Å². The molecule has 3 rings (SSSR count). The van der Waals surface area contributed by atoms with E-state index in [0.717, 1.165) is 15.2 Å². The zero-order valence-corrected chi connectivity index (χ0v) is 13.7. The van der Waals surface area contributed by atoms with Gasteiger partial charge in [-0.05, 0) is 24.3 Å². The molecule has 0 saturated heterocycles. The summed E-state index contributed by atoms with van der Waals surface area (Å²) in [6.07, 6.45) is 0.622. The minimum atomic E-state index is -0.266. The van der Waals surface area contributed by atoms with Crippen LogP contribution in [0.25, 0.3) is 10.2 Å². The average Bonchev–Trinajstić information content (AvgIpc) is 2.88. The van der Waals surface area contributed by atoms with E-state index in [9.17, 15) is 4.39 Å². The van der Waals surface area contributed by atoms with Crippen LogP contribution in [0, 0.1) is 5.82 Å². The monoisotopic (exact) mass is 365 g/mol. The number of halogens is 2. The molecule has 5 heteroatoms. The number of rotatable bonds is 4. The third-order valence-corrected chi connectivity index (χ3v) is 5.08. The summed E-state index contributed by atoms with van der Waals surface area (Å²) in [5.74, 6) is 0.287. The highest BCUT2D eigenvalue weighted by molar-refractivity contribution is 9.09. The zero-order chi connectivity index (χ0) is 14.8. The first-order valence-corrected chi connectivity index (χ1v) is 8.23. The molecular formula is C16H13BrFNOS. The van der Waals surface area contributed by atoms with Gasteiger partial charge in [-0.25, -0.2) is 9.37 Å². The van der Waals surface area contributed by atoms with Crippen molar-refractivity contribution in [2.45, 2.75) is 11.2 Å². The Morgan fingerprint density at radius 1 is 1.24 bits per heavy atom. The number of hydrogen-bond acceptors (Lipinski definition) is 3. The average molecular weight is 366 g/mol. The molecular weight excluding hydrogens is 353 g/mol. The Kier molecular flexibility index (Phi) is 4.22. The summed E-state index contributed by atoms with van der Waals surface area (Å²) in [4.78, 5) is 4.42. The van der Waals surface area contributed by atoms with Crippen LogP contribution < -0.4 is 4.74 Å². The van der Waals surface area contributed by atoms with Crippen LogP contribution in [0.3, 0.4) is 0 Å². The Hall–Kier alpha value is -1.46. The maximum absolute atomic E-state index is 14.1. The number of alkyl halides is 1. The largest absolute Gasteiger partial charge is 0.496 e. The number of hydrogen-bond donors (Lipinski definition) is 0. The number of methoxy groups -OCH3 is 1. The number of aromatic nitrogens is 1. The summed E-state index contributed by atoms with van der Waals surface area (Å²) in [7, 11) is 1.55. The summed E-state index contributed by atoms with van der Waals surface area (Å²) in [6, 6.07) is 12.9. The Morgan fingerprint density at radius 2 is 2.05 bits per heavy atom. The quantitative estimate of drug-likeness (QED) is 0.598. The third-order valence-electron chi connectivity index (χ3n) is 3.24. The van der Waals surface area contributed by atoms with E-state index in [0.29, 0.717) is 17.7 Å². The highest BCUT2D eigenvalue weighted by Crippen LogP contribution is 2.37. The molecule has 0 saturated carbocycles. The third kappa shape index (κ3) is 2.94. The molecule has 0 spiro atoms. The molecule has 0 amide bonds. The molecule has 1 atom stereocenters. The minimum absolute atomic E-state index is 0.172. The second-order valence-electron chi connectivity index (χ2n) is 4.60. The zero-order valence-electron chi connectivity index (χ0n) is 11.3. The number of nitrogens with zero attached hydrogens (tertiary/aromatic N) is 1. The number of thiazole rings is 1. The molecule has 0 aliphatic heterocycles. The van der Waals surface area contributed by atoms with Gasteiger partial charge in [-0.2, -0.15) is 0 Å². The highest BCUT2D eigenvalue weighted by Gasteiger charge is 2.19. The van der Waals surface area contributed by atoms with Gasteiger partial charge in [-0.1, -0.05) is 34.1 Å². The van der Waals surface area contributed by atoms with E-state index in [4.69, 9.17) is 4.74 Å². The SMILES string of the molecule is COc1cccc(F)c1C(Br)Cc1nc2ccccc2s1. The predicted molar refractivity (Wildman–Crippen MR) is 87.9 cm³/mol. The van der Waals surface area contributed by atoms with Gasteiger partial charge in [0.05, 0.1) is 27.2 Å². The lowest BCUT2D eigenvalue weighted by atomic mass is 10.1. The van der Waals surface area contributed by atoms with Crippen molar-refractivity contribution in [2.75, 3.05) is 7.11 Å². The molecule has 0 fully saturated rings. The molecule has 0 aliphatic carbocycles. The van der Waals surface area contributed by atoms with Crippen LogP contribution in [0.1, 0.15) is 15.4 Å². The number of para-hydroxylation sites is 1. The molecule has 0 bridgehead atoms. The van der Waals surface area contributed by atoms with Crippen LogP contribution in [-0.2, 0) is 6.42 Å². The fourth-order valence-corrected chi connectivity index (χ4v) is 4.24. The molecule has 1 aromatic heterocycles. The van der Waals surface area contributed by atoms with Crippen molar-refractivity contribution >= 4 is 37.5 Å². The topological polar surface area (TPSA) is 22.1 Å². The van der Waals surface area contributed by atoms with Gasteiger partial charge in [-0.3, -0.25) is 0 Å². The van der Waals surface area contributed by atoms with Crippen molar-refractivity contribution in [1.82, 2.24) is 4.98 Å². The summed E-state index contributed by atoms with van der Waals surface area (Å²) >= 11 is 5.20. The molecule has 1 heterocycles. The van der Waals surface area contributed by atoms with E-state index in [1.165, 1.54) is 6.07 Å². The van der Waals surface area contributed by atoms with Crippen LogP contribution in [-0.4, -0.2) is 12.1 Å². The van der Waals surface area contributed by atoms with Gasteiger partial charge in [0, 0.05) is 12.0 Å². The molecule has 0 N–H and O–H groups in total. The van der Waals surface area contributed by atoms with E-state index < -0.39 is 0 Å². The molecule has 108 valence electrons. The first-order chi connectivity index (χ1) is 10.2. The molecule has 3 aromatic rings. The highest BCUT2D eigenvalue weighted by atomic mass is 79.9. The van der Waals surface area contributed by atoms with Gasteiger partial charge < -0.3 is 4.74 Å². The Labute approximate surface area is 134 Å².